The van der Waals surface area contributed by atoms with Crippen molar-refractivity contribution >= 4 is 0 Å². The summed E-state index contributed by atoms with van der Waals surface area (Å²) >= 11 is 0. The minimum absolute atomic E-state index is 0.740. The molecule has 2 saturated heterocycles. The summed E-state index contributed by atoms with van der Waals surface area (Å²) in [5.41, 5.74) is 0. The van der Waals surface area contributed by atoms with Gasteiger partial charge in [0, 0.05) is 25.7 Å². The Labute approximate surface area is 81.3 Å². The number of ether oxygens (including phenoxy) is 1. The topological polar surface area (TPSA) is 12.5 Å². The summed E-state index contributed by atoms with van der Waals surface area (Å²) in [6.07, 6.45) is 2.61. The molecule has 2 fully saturated rings. The quantitative estimate of drug-likeness (QED) is 0.646. The molecule has 0 radical (unpaired) electrons. The third-order valence-electron chi connectivity index (χ3n) is 3.53. The summed E-state index contributed by atoms with van der Waals surface area (Å²) < 4.78 is 5.49. The van der Waals surface area contributed by atoms with E-state index < -0.39 is 0 Å². The van der Waals surface area contributed by atoms with Crippen LogP contribution >= 0.6 is 0 Å². The van der Waals surface area contributed by atoms with Crippen LogP contribution in [0.4, 0.5) is 0 Å². The Morgan fingerprint density at radius 2 is 2.08 bits per heavy atom. The van der Waals surface area contributed by atoms with Gasteiger partial charge >= 0.3 is 0 Å². The first-order chi connectivity index (χ1) is 6.27. The molecule has 13 heavy (non-hydrogen) atoms. The van der Waals surface area contributed by atoms with Gasteiger partial charge in [-0.05, 0) is 24.7 Å². The lowest BCUT2D eigenvalue weighted by molar-refractivity contribution is -0.0407. The van der Waals surface area contributed by atoms with Crippen LogP contribution in [0.2, 0.25) is 0 Å². The van der Waals surface area contributed by atoms with Gasteiger partial charge in [-0.25, -0.2) is 0 Å². The molecule has 0 N–H and O–H groups in total. The highest BCUT2D eigenvalue weighted by molar-refractivity contribution is 4.87. The Morgan fingerprint density at radius 3 is 2.62 bits per heavy atom. The molecule has 2 aliphatic rings. The van der Waals surface area contributed by atoms with Crippen molar-refractivity contribution in [3.05, 3.63) is 0 Å². The van der Waals surface area contributed by atoms with Crippen LogP contribution in [-0.4, -0.2) is 37.2 Å². The summed E-state index contributed by atoms with van der Waals surface area (Å²) in [7, 11) is 0. The molecule has 2 heteroatoms. The Balaban J connectivity index is 1.72. The van der Waals surface area contributed by atoms with Crippen LogP contribution in [0.25, 0.3) is 0 Å². The lowest BCUT2D eigenvalue weighted by Gasteiger charge is -2.47. The highest BCUT2D eigenvalue weighted by Crippen LogP contribution is 2.27. The first kappa shape index (κ1) is 9.47. The van der Waals surface area contributed by atoms with E-state index in [-0.39, 0.29) is 0 Å². The maximum Gasteiger partial charge on any atom is 0.0621 e. The van der Waals surface area contributed by atoms with Gasteiger partial charge in [-0.3, -0.25) is 4.90 Å². The van der Waals surface area contributed by atoms with Crippen LogP contribution in [0.3, 0.4) is 0 Å². The van der Waals surface area contributed by atoms with Crippen molar-refractivity contribution in [1.29, 1.82) is 0 Å². The average molecular weight is 183 g/mol. The molecular formula is C11H21NO. The third-order valence-corrected chi connectivity index (χ3v) is 3.53. The normalized spacial score (nSPS) is 32.1. The zero-order valence-corrected chi connectivity index (χ0v) is 8.83. The van der Waals surface area contributed by atoms with E-state index in [2.05, 4.69) is 18.7 Å². The van der Waals surface area contributed by atoms with Gasteiger partial charge in [0.05, 0.1) is 6.61 Å². The average Bonchev–Trinajstić information content (AvgIpc) is 2.02. The van der Waals surface area contributed by atoms with Crippen molar-refractivity contribution in [3.63, 3.8) is 0 Å². The predicted octanol–water partition coefficient (Wildman–Crippen LogP) is 1.75. The summed E-state index contributed by atoms with van der Waals surface area (Å²) in [6, 6.07) is 0.740. The van der Waals surface area contributed by atoms with Gasteiger partial charge in [-0.1, -0.05) is 13.8 Å². The van der Waals surface area contributed by atoms with Crippen LogP contribution in [-0.2, 0) is 4.74 Å². The van der Waals surface area contributed by atoms with Crippen LogP contribution < -0.4 is 0 Å². The summed E-state index contributed by atoms with van der Waals surface area (Å²) in [5, 5.41) is 0. The molecule has 2 nitrogen and oxygen atoms in total. The SMILES string of the molecule is CC(C)C1CN(C2CCCOC2)C1. The standard InChI is InChI=1S/C11H21NO/c1-9(2)10-6-12(7-10)11-4-3-5-13-8-11/h9-11H,3-8H2,1-2H3. The molecule has 0 aromatic rings. The van der Waals surface area contributed by atoms with Gasteiger partial charge in [0.2, 0.25) is 0 Å². The minimum atomic E-state index is 0.740. The highest BCUT2D eigenvalue weighted by atomic mass is 16.5. The van der Waals surface area contributed by atoms with E-state index in [0.29, 0.717) is 0 Å². The Morgan fingerprint density at radius 1 is 1.31 bits per heavy atom. The largest absolute Gasteiger partial charge is 0.380 e. The molecule has 0 bridgehead atoms. The number of hydrogen-bond acceptors (Lipinski definition) is 2. The highest BCUT2D eigenvalue weighted by Gasteiger charge is 2.34. The molecule has 2 heterocycles. The number of likely N-dealkylation sites (tertiary alicyclic amines) is 1. The van der Waals surface area contributed by atoms with Crippen molar-refractivity contribution < 1.29 is 4.74 Å². The Bertz CT molecular complexity index is 157. The van der Waals surface area contributed by atoms with Gasteiger partial charge in [0.15, 0.2) is 0 Å². The fourth-order valence-electron chi connectivity index (χ4n) is 2.28. The van der Waals surface area contributed by atoms with E-state index in [1.807, 2.05) is 0 Å². The molecule has 0 aromatic heterocycles. The van der Waals surface area contributed by atoms with Crippen LogP contribution in [0.5, 0.6) is 0 Å². The fraction of sp³-hybridized carbons (Fsp3) is 1.00. The Kier molecular flexibility index (Phi) is 2.89. The predicted molar refractivity (Wildman–Crippen MR) is 53.7 cm³/mol. The lowest BCUT2D eigenvalue weighted by Crippen LogP contribution is -2.55. The maximum absolute atomic E-state index is 5.49. The molecule has 2 aliphatic heterocycles. The van der Waals surface area contributed by atoms with Gasteiger partial charge in [-0.15, -0.1) is 0 Å². The molecule has 1 atom stereocenters. The van der Waals surface area contributed by atoms with E-state index in [4.69, 9.17) is 4.74 Å². The van der Waals surface area contributed by atoms with Gasteiger partial charge in [0.1, 0.15) is 0 Å². The van der Waals surface area contributed by atoms with E-state index in [9.17, 15) is 0 Å². The van der Waals surface area contributed by atoms with E-state index in [1.165, 1.54) is 25.9 Å². The molecule has 0 spiro atoms. The second kappa shape index (κ2) is 3.97. The van der Waals surface area contributed by atoms with Gasteiger partial charge < -0.3 is 4.74 Å². The first-order valence-corrected chi connectivity index (χ1v) is 5.59. The van der Waals surface area contributed by atoms with Gasteiger partial charge in [-0.2, -0.15) is 0 Å². The van der Waals surface area contributed by atoms with E-state index in [1.54, 1.807) is 0 Å². The van der Waals surface area contributed by atoms with Gasteiger partial charge in [0.25, 0.3) is 0 Å². The summed E-state index contributed by atoms with van der Waals surface area (Å²) in [4.78, 5) is 2.60. The van der Waals surface area contributed by atoms with Crippen molar-refractivity contribution in [2.75, 3.05) is 26.3 Å². The number of hydrogen-bond donors (Lipinski definition) is 0. The molecule has 0 amide bonds. The van der Waals surface area contributed by atoms with E-state index >= 15 is 0 Å². The van der Waals surface area contributed by atoms with Crippen molar-refractivity contribution in [2.24, 2.45) is 11.8 Å². The van der Waals surface area contributed by atoms with Crippen LogP contribution in [0, 0.1) is 11.8 Å². The Hall–Kier alpha value is -0.0800. The van der Waals surface area contributed by atoms with Crippen LogP contribution in [0.1, 0.15) is 26.7 Å². The van der Waals surface area contributed by atoms with E-state index in [0.717, 1.165) is 31.1 Å². The molecule has 0 aromatic carbocycles. The summed E-state index contributed by atoms with van der Waals surface area (Å²) in [6.45, 7) is 9.25. The smallest absolute Gasteiger partial charge is 0.0621 e. The zero-order valence-electron chi connectivity index (χ0n) is 8.83. The number of rotatable bonds is 2. The second-order valence-corrected chi connectivity index (χ2v) is 4.83. The second-order valence-electron chi connectivity index (χ2n) is 4.83. The molecule has 0 aliphatic carbocycles. The molecular weight excluding hydrogens is 162 g/mol. The van der Waals surface area contributed by atoms with Crippen molar-refractivity contribution in [2.45, 2.75) is 32.7 Å². The molecule has 2 rings (SSSR count). The van der Waals surface area contributed by atoms with Crippen LogP contribution in [0.15, 0.2) is 0 Å². The monoisotopic (exact) mass is 183 g/mol. The maximum atomic E-state index is 5.49. The van der Waals surface area contributed by atoms with Crippen molar-refractivity contribution in [3.8, 4) is 0 Å². The first-order valence-electron chi connectivity index (χ1n) is 5.59. The third kappa shape index (κ3) is 2.05. The summed E-state index contributed by atoms with van der Waals surface area (Å²) in [5.74, 6) is 1.81. The molecule has 76 valence electrons. The van der Waals surface area contributed by atoms with Crippen molar-refractivity contribution in [1.82, 2.24) is 4.90 Å². The molecule has 1 unspecified atom stereocenters. The zero-order chi connectivity index (χ0) is 9.26. The number of nitrogens with zero attached hydrogens (tertiary/aromatic N) is 1. The fourth-order valence-corrected chi connectivity index (χ4v) is 2.28. The minimum Gasteiger partial charge on any atom is -0.380 e. The molecule has 0 saturated carbocycles. The lowest BCUT2D eigenvalue weighted by atomic mass is 9.86.